The number of carbonyl (C=O) groups is 1. The number of carbonyl (C=O) groups excluding carboxylic acids is 1. The van der Waals surface area contributed by atoms with Crippen molar-refractivity contribution in [3.8, 4) is 6.07 Å². The Bertz CT molecular complexity index is 540. The zero-order valence-electron chi connectivity index (χ0n) is 10.5. The van der Waals surface area contributed by atoms with E-state index in [4.69, 9.17) is 10.00 Å². The molecule has 6 nitrogen and oxygen atoms in total. The molecule has 0 N–H and O–H groups in total. The number of ether oxygens (including phenoxy) is 1. The van der Waals surface area contributed by atoms with Gasteiger partial charge in [-0.2, -0.15) is 5.26 Å². The Labute approximate surface area is 111 Å². The SMILES string of the molecule is N#Cc1cccc(N2CCC(N3CCOC3=O)C2)n1. The molecule has 0 aromatic carbocycles. The fourth-order valence-corrected chi connectivity index (χ4v) is 2.60. The molecule has 1 aromatic heterocycles. The second kappa shape index (κ2) is 4.76. The van der Waals surface area contributed by atoms with E-state index in [1.165, 1.54) is 0 Å². The molecule has 19 heavy (non-hydrogen) atoms. The van der Waals surface area contributed by atoms with Crippen LogP contribution in [0.1, 0.15) is 12.1 Å². The summed E-state index contributed by atoms with van der Waals surface area (Å²) in [6.07, 6.45) is 0.693. The highest BCUT2D eigenvalue weighted by atomic mass is 16.6. The smallest absolute Gasteiger partial charge is 0.410 e. The van der Waals surface area contributed by atoms with Crippen LogP contribution >= 0.6 is 0 Å². The van der Waals surface area contributed by atoms with Crippen molar-refractivity contribution in [3.05, 3.63) is 23.9 Å². The molecule has 2 aliphatic heterocycles. The van der Waals surface area contributed by atoms with Crippen molar-refractivity contribution in [3.63, 3.8) is 0 Å². The molecule has 3 heterocycles. The number of hydrogen-bond acceptors (Lipinski definition) is 5. The average Bonchev–Trinajstić information content (AvgIpc) is 3.07. The van der Waals surface area contributed by atoms with Crippen molar-refractivity contribution >= 4 is 11.9 Å². The first kappa shape index (κ1) is 11.8. The molecule has 98 valence electrons. The Kier molecular flexibility index (Phi) is 2.95. The minimum Gasteiger partial charge on any atom is -0.448 e. The van der Waals surface area contributed by atoms with Gasteiger partial charge in [0.25, 0.3) is 0 Å². The second-order valence-corrected chi connectivity index (χ2v) is 4.69. The van der Waals surface area contributed by atoms with Crippen molar-refractivity contribution in [2.75, 3.05) is 31.1 Å². The Hall–Kier alpha value is -2.29. The first-order valence-corrected chi connectivity index (χ1v) is 6.33. The van der Waals surface area contributed by atoms with Crippen LogP contribution in [0.2, 0.25) is 0 Å². The molecule has 0 spiro atoms. The number of nitrogens with zero attached hydrogens (tertiary/aromatic N) is 4. The van der Waals surface area contributed by atoms with Gasteiger partial charge in [-0.25, -0.2) is 9.78 Å². The summed E-state index contributed by atoms with van der Waals surface area (Å²) >= 11 is 0. The number of rotatable bonds is 2. The van der Waals surface area contributed by atoms with Gasteiger partial charge in [-0.15, -0.1) is 0 Å². The Morgan fingerprint density at radius 1 is 1.42 bits per heavy atom. The molecule has 2 fully saturated rings. The van der Waals surface area contributed by atoms with E-state index in [1.54, 1.807) is 11.0 Å². The van der Waals surface area contributed by atoms with Crippen LogP contribution in [0.25, 0.3) is 0 Å². The zero-order valence-corrected chi connectivity index (χ0v) is 10.5. The minimum atomic E-state index is -0.217. The van der Waals surface area contributed by atoms with E-state index in [0.717, 1.165) is 25.3 Å². The Balaban J connectivity index is 1.71. The van der Waals surface area contributed by atoms with E-state index in [2.05, 4.69) is 9.88 Å². The summed E-state index contributed by atoms with van der Waals surface area (Å²) in [5.74, 6) is 0.800. The zero-order chi connectivity index (χ0) is 13.2. The van der Waals surface area contributed by atoms with Gasteiger partial charge >= 0.3 is 6.09 Å². The molecule has 0 aliphatic carbocycles. The summed E-state index contributed by atoms with van der Waals surface area (Å²) in [6, 6.07) is 7.64. The van der Waals surface area contributed by atoms with E-state index in [1.807, 2.05) is 18.2 Å². The number of aromatic nitrogens is 1. The van der Waals surface area contributed by atoms with Crippen molar-refractivity contribution in [2.24, 2.45) is 0 Å². The summed E-state index contributed by atoms with van der Waals surface area (Å²) < 4.78 is 4.97. The molecule has 1 aromatic rings. The lowest BCUT2D eigenvalue weighted by molar-refractivity contribution is 0.150. The number of pyridine rings is 1. The molecule has 0 radical (unpaired) electrons. The minimum absolute atomic E-state index is 0.183. The highest BCUT2D eigenvalue weighted by Gasteiger charge is 2.34. The van der Waals surface area contributed by atoms with Gasteiger partial charge in [-0.1, -0.05) is 6.07 Å². The fraction of sp³-hybridized carbons (Fsp3) is 0.462. The number of cyclic esters (lactones) is 1. The van der Waals surface area contributed by atoms with Crippen LogP contribution in [-0.4, -0.2) is 48.3 Å². The lowest BCUT2D eigenvalue weighted by atomic mass is 10.2. The van der Waals surface area contributed by atoms with Crippen molar-refractivity contribution < 1.29 is 9.53 Å². The van der Waals surface area contributed by atoms with Gasteiger partial charge in [0.2, 0.25) is 0 Å². The van der Waals surface area contributed by atoms with Crippen LogP contribution in [0.15, 0.2) is 18.2 Å². The molecule has 6 heteroatoms. The molecule has 1 atom stereocenters. The van der Waals surface area contributed by atoms with Crippen LogP contribution in [-0.2, 0) is 4.74 Å². The van der Waals surface area contributed by atoms with Gasteiger partial charge in [0, 0.05) is 13.1 Å². The van der Waals surface area contributed by atoms with Crippen molar-refractivity contribution in [1.82, 2.24) is 9.88 Å². The predicted octanol–water partition coefficient (Wildman–Crippen LogP) is 0.984. The maximum Gasteiger partial charge on any atom is 0.410 e. The first-order chi connectivity index (χ1) is 9.28. The van der Waals surface area contributed by atoms with Gasteiger partial charge in [-0.05, 0) is 18.6 Å². The van der Waals surface area contributed by atoms with Gasteiger partial charge in [0.1, 0.15) is 24.2 Å². The standard InChI is InChI=1S/C13H14N4O2/c14-8-10-2-1-3-12(15-10)16-5-4-11(9-16)17-6-7-19-13(17)18/h1-3,11H,4-7,9H2. The van der Waals surface area contributed by atoms with Crippen LogP contribution in [0.4, 0.5) is 10.6 Å². The maximum atomic E-state index is 11.5. The van der Waals surface area contributed by atoms with Gasteiger partial charge in [-0.3, -0.25) is 4.90 Å². The number of amides is 1. The molecule has 2 aliphatic rings. The molecule has 0 saturated carbocycles. The molecule has 3 rings (SSSR count). The second-order valence-electron chi connectivity index (χ2n) is 4.69. The normalized spacial score (nSPS) is 22.5. The van der Waals surface area contributed by atoms with E-state index in [9.17, 15) is 4.79 Å². The first-order valence-electron chi connectivity index (χ1n) is 6.33. The van der Waals surface area contributed by atoms with Gasteiger partial charge in [0.15, 0.2) is 0 Å². The molecule has 1 unspecified atom stereocenters. The van der Waals surface area contributed by atoms with Crippen LogP contribution in [0.3, 0.4) is 0 Å². The van der Waals surface area contributed by atoms with Crippen LogP contribution in [0.5, 0.6) is 0 Å². The van der Waals surface area contributed by atoms with E-state index < -0.39 is 0 Å². The third kappa shape index (κ3) is 2.19. The van der Waals surface area contributed by atoms with Gasteiger partial charge < -0.3 is 9.64 Å². The maximum absolute atomic E-state index is 11.5. The lowest BCUT2D eigenvalue weighted by Crippen LogP contribution is -2.38. The summed E-state index contributed by atoms with van der Waals surface area (Å²) in [5.41, 5.74) is 0.418. The lowest BCUT2D eigenvalue weighted by Gasteiger charge is -2.22. The summed E-state index contributed by atoms with van der Waals surface area (Å²) in [4.78, 5) is 19.7. The summed E-state index contributed by atoms with van der Waals surface area (Å²) in [6.45, 7) is 2.74. The van der Waals surface area contributed by atoms with E-state index >= 15 is 0 Å². The van der Waals surface area contributed by atoms with Gasteiger partial charge in [0.05, 0.1) is 12.6 Å². The van der Waals surface area contributed by atoms with E-state index in [-0.39, 0.29) is 12.1 Å². The number of anilines is 1. The molecular formula is C13H14N4O2. The molecule has 2 saturated heterocycles. The fourth-order valence-electron chi connectivity index (χ4n) is 2.60. The van der Waals surface area contributed by atoms with E-state index in [0.29, 0.717) is 18.8 Å². The number of nitriles is 1. The molecule has 0 bridgehead atoms. The van der Waals surface area contributed by atoms with Crippen molar-refractivity contribution in [2.45, 2.75) is 12.5 Å². The highest BCUT2D eigenvalue weighted by Crippen LogP contribution is 2.23. The molecular weight excluding hydrogens is 244 g/mol. The monoisotopic (exact) mass is 258 g/mol. The predicted molar refractivity (Wildman–Crippen MR) is 67.6 cm³/mol. The Morgan fingerprint density at radius 3 is 3.05 bits per heavy atom. The quantitative estimate of drug-likeness (QED) is 0.791. The summed E-state index contributed by atoms with van der Waals surface area (Å²) in [5, 5.41) is 8.86. The summed E-state index contributed by atoms with van der Waals surface area (Å²) in [7, 11) is 0. The average molecular weight is 258 g/mol. The third-order valence-corrected chi connectivity index (χ3v) is 3.57. The van der Waals surface area contributed by atoms with Crippen LogP contribution in [0, 0.1) is 11.3 Å². The molecule has 1 amide bonds. The topological polar surface area (TPSA) is 69.5 Å². The van der Waals surface area contributed by atoms with Crippen molar-refractivity contribution in [1.29, 1.82) is 5.26 Å². The highest BCUT2D eigenvalue weighted by molar-refractivity contribution is 5.70. The number of hydrogen-bond donors (Lipinski definition) is 0. The van der Waals surface area contributed by atoms with Crippen LogP contribution < -0.4 is 4.90 Å². The largest absolute Gasteiger partial charge is 0.448 e. The Morgan fingerprint density at radius 2 is 2.32 bits per heavy atom. The third-order valence-electron chi connectivity index (χ3n) is 3.57.